The van der Waals surface area contributed by atoms with Crippen molar-refractivity contribution in [3.05, 3.63) is 117 Å². The fraction of sp³-hybridized carbons (Fsp3) is 0.0286. The molecule has 0 aliphatic heterocycles. The Bertz CT molecular complexity index is 3120. The van der Waals surface area contributed by atoms with E-state index >= 15 is 0 Å². The summed E-state index contributed by atoms with van der Waals surface area (Å²) in [5.74, 6) is -1.21. The molecule has 25 heteroatoms. The van der Waals surface area contributed by atoms with Crippen LogP contribution in [0.2, 0.25) is 0 Å². The number of nitrogens with two attached hydrogens (primary N) is 3. The number of azo groups is 2. The molecule has 308 valence electrons. The lowest BCUT2D eigenvalue weighted by molar-refractivity contribution is -0.384. The minimum Gasteiger partial charge on any atom is -0.398 e. The molecule has 1 aliphatic rings. The molecule has 1 aliphatic carbocycles. The number of non-ortho nitro benzene ring substituents is 1. The van der Waals surface area contributed by atoms with Crippen LogP contribution in [0, 0.1) is 17.0 Å². The summed E-state index contributed by atoms with van der Waals surface area (Å²) in [5.41, 5.74) is 18.6. The molecule has 0 saturated carbocycles. The second-order valence-electron chi connectivity index (χ2n) is 12.6. The lowest BCUT2D eigenvalue weighted by atomic mass is 9.92. The number of hydrogen-bond acceptors (Lipinski definition) is 18. The van der Waals surface area contributed by atoms with Gasteiger partial charge < -0.3 is 17.2 Å². The SMILES string of the molecule is Cc1c(N)cc(S(=O)(=O)O)c(N=Nc2ccc(-c3ccc(N/N=C4\C(=O)c5c(cc(S(=O)(=O)O)c(N=Nc6cccc([N+](=O)[O-])c6)c5N)C=C4S(=O)(=O)O)cc3)cc2)c1N. The molecular formula is C35H28N10O12S3. The second kappa shape index (κ2) is 15.8. The van der Waals surface area contributed by atoms with Gasteiger partial charge in [-0.05, 0) is 77.7 Å². The number of rotatable bonds is 11. The number of allylic oxidation sites excluding steroid dienone is 1. The molecule has 5 aromatic rings. The van der Waals surface area contributed by atoms with Gasteiger partial charge in [-0.3, -0.25) is 34.0 Å². The van der Waals surface area contributed by atoms with Crippen molar-refractivity contribution in [3.63, 3.8) is 0 Å². The number of hydrazone groups is 1. The van der Waals surface area contributed by atoms with Crippen LogP contribution in [0.15, 0.2) is 125 Å². The number of nitro benzene ring substituents is 1. The van der Waals surface area contributed by atoms with Gasteiger partial charge in [-0.15, -0.1) is 10.2 Å². The standard InChI is InChI=1S/C35H28N10O12S3/c1-17-25(36)16-28(60(55,56)57)32(30(17)37)42-39-21-9-5-18(6-10-21)19-7-11-22(12-8-19)40-44-34-27(59(52,53)54)14-20-13-26(58(49,50)51)33(31(38)29(20)35(34)46)43-41-23-3-2-4-24(15-23)45(47)48/h2-16,40H,36-38H2,1H3,(H,49,50,51)(H,52,53,54)(H,55,56,57)/b42-39?,43-41?,44-34-. The molecule has 0 bridgehead atoms. The molecule has 0 saturated heterocycles. The number of anilines is 4. The van der Waals surface area contributed by atoms with E-state index < -0.39 is 84.0 Å². The molecule has 10 N–H and O–H groups in total. The van der Waals surface area contributed by atoms with Gasteiger partial charge in [0.1, 0.15) is 26.1 Å². The fourth-order valence-electron chi connectivity index (χ4n) is 5.64. The van der Waals surface area contributed by atoms with E-state index in [1.54, 1.807) is 43.3 Å². The molecule has 0 heterocycles. The molecule has 0 aromatic heterocycles. The third kappa shape index (κ3) is 8.74. The van der Waals surface area contributed by atoms with Gasteiger partial charge in [0, 0.05) is 17.8 Å². The van der Waals surface area contributed by atoms with E-state index in [-0.39, 0.29) is 39.8 Å². The van der Waals surface area contributed by atoms with Crippen molar-refractivity contribution >= 4 is 99.1 Å². The third-order valence-electron chi connectivity index (χ3n) is 8.69. The lowest BCUT2D eigenvalue weighted by Crippen LogP contribution is -2.28. The van der Waals surface area contributed by atoms with E-state index in [9.17, 15) is 53.8 Å². The summed E-state index contributed by atoms with van der Waals surface area (Å²) in [5, 5.41) is 30.6. The Morgan fingerprint density at radius 1 is 0.683 bits per heavy atom. The zero-order valence-corrected chi connectivity index (χ0v) is 32.8. The number of Topliss-reactive ketones (excluding diaryl/α,β-unsaturated/α-hetero) is 1. The van der Waals surface area contributed by atoms with Crippen LogP contribution in [0.3, 0.4) is 0 Å². The number of nitrogen functional groups attached to an aromatic ring is 3. The fourth-order valence-corrected chi connectivity index (χ4v) is 7.64. The van der Waals surface area contributed by atoms with Gasteiger partial charge in [0.15, 0.2) is 5.71 Å². The average molecular weight is 877 g/mol. The first kappa shape index (κ1) is 42.3. The minimum absolute atomic E-state index is 0.0344. The van der Waals surface area contributed by atoms with Crippen molar-refractivity contribution in [1.82, 2.24) is 0 Å². The van der Waals surface area contributed by atoms with Gasteiger partial charge >= 0.3 is 0 Å². The molecule has 0 unspecified atom stereocenters. The largest absolute Gasteiger partial charge is 0.398 e. The van der Waals surface area contributed by atoms with Gasteiger partial charge in [-0.2, -0.15) is 40.6 Å². The number of carbonyl (C=O) groups excluding carboxylic acids is 1. The van der Waals surface area contributed by atoms with E-state index in [1.165, 1.54) is 24.3 Å². The van der Waals surface area contributed by atoms with Crippen LogP contribution < -0.4 is 22.6 Å². The minimum atomic E-state index is -5.21. The average Bonchev–Trinajstić information content (AvgIpc) is 3.18. The summed E-state index contributed by atoms with van der Waals surface area (Å²) in [4.78, 5) is 21.6. The Morgan fingerprint density at radius 2 is 1.23 bits per heavy atom. The van der Waals surface area contributed by atoms with Crippen LogP contribution in [-0.2, 0) is 30.4 Å². The van der Waals surface area contributed by atoms with Crippen LogP contribution >= 0.6 is 0 Å². The van der Waals surface area contributed by atoms with E-state index in [0.29, 0.717) is 28.8 Å². The first-order valence-corrected chi connectivity index (χ1v) is 20.8. The summed E-state index contributed by atoms with van der Waals surface area (Å²) in [7, 11) is -15.1. The zero-order valence-electron chi connectivity index (χ0n) is 30.3. The highest BCUT2D eigenvalue weighted by Gasteiger charge is 2.37. The van der Waals surface area contributed by atoms with Crippen molar-refractivity contribution in [1.29, 1.82) is 0 Å². The molecule has 0 spiro atoms. The number of hydrogen-bond donors (Lipinski definition) is 7. The first-order chi connectivity index (χ1) is 28.0. The van der Waals surface area contributed by atoms with E-state index in [0.717, 1.165) is 18.2 Å². The van der Waals surface area contributed by atoms with Crippen molar-refractivity contribution in [2.24, 2.45) is 25.6 Å². The Labute approximate surface area is 339 Å². The maximum absolute atomic E-state index is 13.8. The predicted octanol–water partition coefficient (Wildman–Crippen LogP) is 6.53. The number of nitro groups is 1. The van der Waals surface area contributed by atoms with Crippen molar-refractivity contribution in [3.8, 4) is 11.1 Å². The number of fused-ring (bicyclic) bond motifs is 1. The molecule has 0 fully saturated rings. The number of nitrogens with zero attached hydrogens (tertiary/aromatic N) is 6. The third-order valence-corrected chi connectivity index (χ3v) is 11.3. The summed E-state index contributed by atoms with van der Waals surface area (Å²) in [6.45, 7) is 1.55. The maximum Gasteiger partial charge on any atom is 0.296 e. The lowest BCUT2D eigenvalue weighted by Gasteiger charge is -2.20. The van der Waals surface area contributed by atoms with E-state index in [2.05, 4.69) is 31.0 Å². The summed E-state index contributed by atoms with van der Waals surface area (Å²) in [6, 6.07) is 19.1. The molecule has 0 amide bonds. The summed E-state index contributed by atoms with van der Waals surface area (Å²) in [6.07, 6.45) is 0.713. The van der Waals surface area contributed by atoms with Crippen molar-refractivity contribution in [2.75, 3.05) is 22.6 Å². The van der Waals surface area contributed by atoms with Crippen molar-refractivity contribution in [2.45, 2.75) is 16.7 Å². The molecule has 22 nitrogen and oxygen atoms in total. The number of benzene rings is 5. The summed E-state index contributed by atoms with van der Waals surface area (Å²) >= 11 is 0. The van der Waals surface area contributed by atoms with Crippen LogP contribution in [0.25, 0.3) is 17.2 Å². The number of carbonyl (C=O) groups is 1. The summed E-state index contributed by atoms with van der Waals surface area (Å²) < 4.78 is 103. The molecule has 0 radical (unpaired) electrons. The van der Waals surface area contributed by atoms with Gasteiger partial charge in [0.25, 0.3) is 36.0 Å². The Hall–Kier alpha value is -7.29. The smallest absolute Gasteiger partial charge is 0.296 e. The molecule has 60 heavy (non-hydrogen) atoms. The maximum atomic E-state index is 13.8. The van der Waals surface area contributed by atoms with Crippen molar-refractivity contribution < 1.29 is 48.6 Å². The topological polar surface area (TPSA) is 375 Å². The van der Waals surface area contributed by atoms with Gasteiger partial charge in [0.05, 0.1) is 38.9 Å². The Balaban J connectivity index is 1.28. The highest BCUT2D eigenvalue weighted by Crippen LogP contribution is 2.41. The quantitative estimate of drug-likeness (QED) is 0.0243. The highest BCUT2D eigenvalue weighted by molar-refractivity contribution is 7.91. The normalized spacial score (nSPS) is 14.1. The van der Waals surface area contributed by atoms with Crippen LogP contribution in [0.1, 0.15) is 21.5 Å². The molecule has 6 rings (SSSR count). The second-order valence-corrected chi connectivity index (χ2v) is 16.8. The molecule has 0 atom stereocenters. The van der Waals surface area contributed by atoms with E-state index in [4.69, 9.17) is 17.2 Å². The van der Waals surface area contributed by atoms with E-state index in [1.807, 2.05) is 0 Å². The zero-order chi connectivity index (χ0) is 43.9. The number of nitrogens with one attached hydrogen (secondary N) is 1. The Kier molecular flexibility index (Phi) is 11.2. The van der Waals surface area contributed by atoms with Crippen LogP contribution in [0.5, 0.6) is 0 Å². The molecular weight excluding hydrogens is 849 g/mol. The highest BCUT2D eigenvalue weighted by atomic mass is 32.2. The predicted molar refractivity (Wildman–Crippen MR) is 219 cm³/mol. The van der Waals surface area contributed by atoms with Gasteiger partial charge in [0.2, 0.25) is 5.78 Å². The van der Waals surface area contributed by atoms with Gasteiger partial charge in [-0.25, -0.2) is 0 Å². The first-order valence-electron chi connectivity index (χ1n) is 16.5. The van der Waals surface area contributed by atoms with Crippen LogP contribution in [-0.4, -0.2) is 55.3 Å². The van der Waals surface area contributed by atoms with Gasteiger partial charge in [-0.1, -0.05) is 30.3 Å². The Morgan fingerprint density at radius 3 is 1.80 bits per heavy atom. The van der Waals surface area contributed by atoms with Crippen LogP contribution in [0.4, 0.5) is 51.2 Å². The molecule has 5 aromatic carbocycles. The monoisotopic (exact) mass is 876 g/mol. The number of ketones is 1.